The summed E-state index contributed by atoms with van der Waals surface area (Å²) < 4.78 is 1.34. The molecular formula is C24H18N4O2S2. The summed E-state index contributed by atoms with van der Waals surface area (Å²) in [5.41, 5.74) is 3.27. The first-order chi connectivity index (χ1) is 15.6. The zero-order valence-electron chi connectivity index (χ0n) is 17.1. The van der Waals surface area contributed by atoms with Crippen LogP contribution in [0.25, 0.3) is 31.9 Å². The first kappa shape index (κ1) is 20.3. The quantitative estimate of drug-likeness (QED) is 0.393. The van der Waals surface area contributed by atoms with E-state index in [4.69, 9.17) is 0 Å². The van der Waals surface area contributed by atoms with Crippen LogP contribution < -0.4 is 10.9 Å². The molecule has 0 aliphatic rings. The van der Waals surface area contributed by atoms with Gasteiger partial charge < -0.3 is 5.32 Å². The minimum atomic E-state index is -0.293. The maximum atomic E-state index is 12.9. The summed E-state index contributed by atoms with van der Waals surface area (Å²) in [4.78, 5) is 36.1. The average molecular weight is 459 g/mol. The van der Waals surface area contributed by atoms with Gasteiger partial charge in [0.15, 0.2) is 0 Å². The first-order valence-electron chi connectivity index (χ1n) is 9.94. The molecule has 6 nitrogen and oxygen atoms in total. The fourth-order valence-electron chi connectivity index (χ4n) is 3.42. The molecular weight excluding hydrogens is 440 g/mol. The number of nitrogens with one attached hydrogen (secondary N) is 1. The van der Waals surface area contributed by atoms with Gasteiger partial charge in [0.1, 0.15) is 11.4 Å². The summed E-state index contributed by atoms with van der Waals surface area (Å²) in [6.07, 6.45) is 1.43. The van der Waals surface area contributed by atoms with E-state index in [9.17, 15) is 9.59 Å². The number of hydrogen-bond donors (Lipinski definition) is 1. The lowest BCUT2D eigenvalue weighted by Crippen LogP contribution is -2.27. The van der Waals surface area contributed by atoms with E-state index < -0.39 is 0 Å². The maximum Gasteiger partial charge on any atom is 0.262 e. The molecule has 0 radical (unpaired) electrons. The van der Waals surface area contributed by atoms with Crippen LogP contribution in [0.5, 0.6) is 0 Å². The Kier molecular flexibility index (Phi) is 5.38. The van der Waals surface area contributed by atoms with Crippen LogP contribution >= 0.6 is 22.7 Å². The van der Waals surface area contributed by atoms with Crippen LogP contribution in [0.2, 0.25) is 0 Å². The Morgan fingerprint density at radius 3 is 2.66 bits per heavy atom. The van der Waals surface area contributed by atoms with Gasteiger partial charge >= 0.3 is 0 Å². The van der Waals surface area contributed by atoms with Crippen LogP contribution in [0.4, 0.5) is 5.69 Å². The van der Waals surface area contributed by atoms with Crippen molar-refractivity contribution in [3.05, 3.63) is 87.7 Å². The summed E-state index contributed by atoms with van der Waals surface area (Å²) in [6, 6.07) is 19.2. The topological polar surface area (TPSA) is 76.9 Å². The van der Waals surface area contributed by atoms with Crippen molar-refractivity contribution in [2.75, 3.05) is 5.32 Å². The summed E-state index contributed by atoms with van der Waals surface area (Å²) in [7, 11) is 0. The van der Waals surface area contributed by atoms with Gasteiger partial charge in [-0.3, -0.25) is 14.2 Å². The average Bonchev–Trinajstić information content (AvgIpc) is 3.43. The Hall–Kier alpha value is -3.62. The molecule has 1 N–H and O–H groups in total. The molecule has 32 heavy (non-hydrogen) atoms. The number of benzene rings is 2. The van der Waals surface area contributed by atoms with Gasteiger partial charge in [-0.15, -0.1) is 22.7 Å². The van der Waals surface area contributed by atoms with Crippen molar-refractivity contribution < 1.29 is 4.79 Å². The number of rotatable bonds is 5. The standard InChI is InChI=1S/C24H18N4O2S2/c1-15-26-20(13-31-15)17-8-5-9-18(10-17)27-22(29)12-28-14-25-23-19(24(28)30)11-21(32-23)16-6-3-2-4-7-16/h2-11,13-14H,12H2,1H3,(H,27,29). The Balaban J connectivity index is 1.36. The van der Waals surface area contributed by atoms with Crippen molar-refractivity contribution in [1.82, 2.24) is 14.5 Å². The molecule has 3 aromatic heterocycles. The molecule has 3 heterocycles. The molecule has 0 fully saturated rings. The summed E-state index contributed by atoms with van der Waals surface area (Å²) in [5.74, 6) is -0.293. The number of thiophene rings is 1. The lowest BCUT2D eigenvalue weighted by Gasteiger charge is -2.08. The van der Waals surface area contributed by atoms with E-state index in [0.717, 1.165) is 26.7 Å². The summed E-state index contributed by atoms with van der Waals surface area (Å²) in [5, 5.41) is 6.36. The maximum absolute atomic E-state index is 12.9. The van der Waals surface area contributed by atoms with E-state index >= 15 is 0 Å². The Bertz CT molecular complexity index is 1480. The monoisotopic (exact) mass is 458 g/mol. The van der Waals surface area contributed by atoms with Gasteiger partial charge in [-0.05, 0) is 30.7 Å². The molecule has 0 aliphatic carbocycles. The molecule has 0 bridgehead atoms. The van der Waals surface area contributed by atoms with Crippen molar-refractivity contribution in [1.29, 1.82) is 0 Å². The highest BCUT2D eigenvalue weighted by Crippen LogP contribution is 2.30. The van der Waals surface area contributed by atoms with Gasteiger partial charge in [0, 0.05) is 21.5 Å². The molecule has 0 atom stereocenters. The van der Waals surface area contributed by atoms with Crippen molar-refractivity contribution in [3.63, 3.8) is 0 Å². The predicted molar refractivity (Wildman–Crippen MR) is 130 cm³/mol. The molecule has 0 saturated heterocycles. The highest BCUT2D eigenvalue weighted by atomic mass is 32.1. The van der Waals surface area contributed by atoms with Crippen LogP contribution in [0.1, 0.15) is 5.01 Å². The highest BCUT2D eigenvalue weighted by molar-refractivity contribution is 7.21. The Morgan fingerprint density at radius 2 is 1.88 bits per heavy atom. The lowest BCUT2D eigenvalue weighted by molar-refractivity contribution is -0.116. The second-order valence-electron chi connectivity index (χ2n) is 7.25. The molecule has 158 valence electrons. The summed E-state index contributed by atoms with van der Waals surface area (Å²) >= 11 is 3.05. The number of anilines is 1. The fourth-order valence-corrected chi connectivity index (χ4v) is 5.04. The minimum absolute atomic E-state index is 0.113. The van der Waals surface area contributed by atoms with Crippen molar-refractivity contribution >= 4 is 44.5 Å². The molecule has 5 rings (SSSR count). The number of carbonyl (C=O) groups is 1. The molecule has 5 aromatic rings. The largest absolute Gasteiger partial charge is 0.325 e. The zero-order chi connectivity index (χ0) is 22.1. The van der Waals surface area contributed by atoms with Crippen LogP contribution in [0.3, 0.4) is 0 Å². The number of thiazole rings is 1. The fraction of sp³-hybridized carbons (Fsp3) is 0.0833. The Morgan fingerprint density at radius 1 is 1.06 bits per heavy atom. The van der Waals surface area contributed by atoms with Gasteiger partial charge in [0.05, 0.1) is 22.4 Å². The van der Waals surface area contributed by atoms with Crippen LogP contribution in [-0.4, -0.2) is 20.4 Å². The van der Waals surface area contributed by atoms with Crippen LogP contribution in [0.15, 0.2) is 77.2 Å². The number of aryl methyl sites for hydroxylation is 1. The smallest absolute Gasteiger partial charge is 0.262 e. The minimum Gasteiger partial charge on any atom is -0.325 e. The molecule has 0 spiro atoms. The van der Waals surface area contributed by atoms with E-state index in [1.165, 1.54) is 22.2 Å². The summed E-state index contributed by atoms with van der Waals surface area (Å²) in [6.45, 7) is 1.84. The SMILES string of the molecule is Cc1nc(-c2cccc(NC(=O)Cn3cnc4sc(-c5ccccc5)cc4c3=O)c2)cs1. The van der Waals surface area contributed by atoms with Gasteiger partial charge in [0.2, 0.25) is 5.91 Å². The third kappa shape index (κ3) is 4.10. The number of hydrogen-bond acceptors (Lipinski definition) is 6. The molecule has 0 saturated carbocycles. The van der Waals surface area contributed by atoms with Crippen LogP contribution in [-0.2, 0) is 11.3 Å². The molecule has 0 unspecified atom stereocenters. The third-order valence-corrected chi connectivity index (χ3v) is 6.82. The van der Waals surface area contributed by atoms with Crippen molar-refractivity contribution in [2.24, 2.45) is 0 Å². The zero-order valence-corrected chi connectivity index (χ0v) is 18.7. The second kappa shape index (κ2) is 8.49. The molecule has 2 aromatic carbocycles. The molecule has 8 heteroatoms. The van der Waals surface area contributed by atoms with Gasteiger partial charge in [-0.25, -0.2) is 9.97 Å². The van der Waals surface area contributed by atoms with E-state index in [0.29, 0.717) is 15.9 Å². The normalized spacial score (nSPS) is 11.0. The van der Waals surface area contributed by atoms with Gasteiger partial charge in [-0.2, -0.15) is 0 Å². The number of amides is 1. The van der Waals surface area contributed by atoms with Crippen LogP contribution in [0, 0.1) is 6.92 Å². The number of nitrogens with zero attached hydrogens (tertiary/aromatic N) is 3. The third-order valence-electron chi connectivity index (χ3n) is 4.95. The Labute approximate surface area is 191 Å². The lowest BCUT2D eigenvalue weighted by atomic mass is 10.1. The van der Waals surface area contributed by atoms with E-state index in [1.54, 1.807) is 11.3 Å². The number of carbonyl (C=O) groups excluding carboxylic acids is 1. The van der Waals surface area contributed by atoms with Crippen molar-refractivity contribution in [3.8, 4) is 21.7 Å². The first-order valence-corrected chi connectivity index (χ1v) is 11.6. The highest BCUT2D eigenvalue weighted by Gasteiger charge is 2.13. The van der Waals surface area contributed by atoms with E-state index in [2.05, 4.69) is 15.3 Å². The number of aromatic nitrogens is 3. The van der Waals surface area contributed by atoms with E-state index in [-0.39, 0.29) is 18.0 Å². The van der Waals surface area contributed by atoms with Crippen molar-refractivity contribution in [2.45, 2.75) is 13.5 Å². The predicted octanol–water partition coefficient (Wildman–Crippen LogP) is 5.20. The number of fused-ring (bicyclic) bond motifs is 1. The molecule has 1 amide bonds. The van der Waals surface area contributed by atoms with Gasteiger partial charge in [0.25, 0.3) is 5.56 Å². The van der Waals surface area contributed by atoms with Gasteiger partial charge in [-0.1, -0.05) is 42.5 Å². The molecule has 0 aliphatic heterocycles. The second-order valence-corrected chi connectivity index (χ2v) is 9.35. The van der Waals surface area contributed by atoms with E-state index in [1.807, 2.05) is 73.0 Å².